The normalized spacial score (nSPS) is 10.2. The Morgan fingerprint density at radius 2 is 1.38 bits per heavy atom. The minimum Gasteiger partial charge on any atom is -0.342 e. The van der Waals surface area contributed by atoms with E-state index in [4.69, 9.17) is 0 Å². The average Bonchev–Trinajstić information content (AvgIpc) is 2.50. The van der Waals surface area contributed by atoms with Gasteiger partial charge >= 0.3 is 11.4 Å². The predicted octanol–water partition coefficient (Wildman–Crippen LogP) is 3.43. The number of hydrogen-bond donors (Lipinski definition) is 1. The summed E-state index contributed by atoms with van der Waals surface area (Å²) in [6.07, 6.45) is 0. The van der Waals surface area contributed by atoms with E-state index in [9.17, 15) is 39.1 Å². The molecule has 0 aliphatic rings. The van der Waals surface area contributed by atoms with Gasteiger partial charge in [-0.25, -0.2) is 8.78 Å². The van der Waals surface area contributed by atoms with Gasteiger partial charge in [0, 0.05) is 6.07 Å². The minimum absolute atomic E-state index is 0.479. The second kappa shape index (κ2) is 6.20. The first-order chi connectivity index (χ1) is 11.2. The lowest BCUT2D eigenvalue weighted by Gasteiger charge is -2.09. The standard InChI is InChI=1S/C12H6F2N4O6/c13-6-1-2-8(14)9(3-6)15-12-10(17(21)22)4-7(16(19)20)5-11(12)18(23)24/h1-5,15H. The minimum atomic E-state index is -1.11. The molecule has 1 N–H and O–H groups in total. The molecule has 2 rings (SSSR count). The topological polar surface area (TPSA) is 141 Å². The fraction of sp³-hybridized carbons (Fsp3) is 0. The number of nitrogens with one attached hydrogen (secondary N) is 1. The fourth-order valence-electron chi connectivity index (χ4n) is 1.85. The largest absolute Gasteiger partial charge is 0.342 e. The van der Waals surface area contributed by atoms with Crippen molar-refractivity contribution in [3.63, 3.8) is 0 Å². The Bertz CT molecular complexity index is 838. The smallest absolute Gasteiger partial charge is 0.306 e. The zero-order valence-corrected chi connectivity index (χ0v) is 11.4. The fourth-order valence-corrected chi connectivity index (χ4v) is 1.85. The van der Waals surface area contributed by atoms with E-state index >= 15 is 0 Å². The van der Waals surface area contributed by atoms with Gasteiger partial charge in [-0.05, 0) is 12.1 Å². The number of nitrogens with zero attached hydrogens (tertiary/aromatic N) is 3. The van der Waals surface area contributed by atoms with Crippen LogP contribution < -0.4 is 5.32 Å². The molecule has 0 saturated carbocycles. The zero-order chi connectivity index (χ0) is 18.0. The molecule has 0 aromatic heterocycles. The molecule has 0 radical (unpaired) electrons. The van der Waals surface area contributed by atoms with Crippen molar-refractivity contribution in [2.24, 2.45) is 0 Å². The van der Waals surface area contributed by atoms with Gasteiger partial charge in [0.25, 0.3) is 5.69 Å². The average molecular weight is 340 g/mol. The number of halogens is 2. The van der Waals surface area contributed by atoms with Gasteiger partial charge in [-0.2, -0.15) is 0 Å². The Morgan fingerprint density at radius 1 is 0.833 bits per heavy atom. The molecule has 10 nitrogen and oxygen atoms in total. The third-order valence-electron chi connectivity index (χ3n) is 2.87. The lowest BCUT2D eigenvalue weighted by atomic mass is 10.2. The van der Waals surface area contributed by atoms with Crippen LogP contribution in [0.15, 0.2) is 30.3 Å². The second-order valence-corrected chi connectivity index (χ2v) is 4.38. The van der Waals surface area contributed by atoms with Crippen LogP contribution in [-0.4, -0.2) is 14.8 Å². The molecule has 0 bridgehead atoms. The highest BCUT2D eigenvalue weighted by Crippen LogP contribution is 2.40. The quantitative estimate of drug-likeness (QED) is 0.649. The van der Waals surface area contributed by atoms with Crippen LogP contribution >= 0.6 is 0 Å². The number of anilines is 2. The molecule has 0 unspecified atom stereocenters. The lowest BCUT2D eigenvalue weighted by molar-refractivity contribution is -0.401. The van der Waals surface area contributed by atoms with Crippen molar-refractivity contribution in [3.05, 3.63) is 72.3 Å². The van der Waals surface area contributed by atoms with Crippen molar-refractivity contribution in [1.29, 1.82) is 0 Å². The third kappa shape index (κ3) is 3.21. The van der Waals surface area contributed by atoms with Crippen LogP contribution in [0.2, 0.25) is 0 Å². The van der Waals surface area contributed by atoms with Gasteiger partial charge in [-0.3, -0.25) is 30.3 Å². The van der Waals surface area contributed by atoms with E-state index in [0.29, 0.717) is 24.3 Å². The predicted molar refractivity (Wildman–Crippen MR) is 76.0 cm³/mol. The summed E-state index contributed by atoms with van der Waals surface area (Å²) in [5.41, 5.74) is -4.35. The molecule has 0 spiro atoms. The summed E-state index contributed by atoms with van der Waals surface area (Å²) in [4.78, 5) is 29.6. The van der Waals surface area contributed by atoms with E-state index in [2.05, 4.69) is 5.32 Å². The van der Waals surface area contributed by atoms with Crippen molar-refractivity contribution in [2.45, 2.75) is 0 Å². The van der Waals surface area contributed by atoms with Gasteiger partial charge < -0.3 is 5.32 Å². The van der Waals surface area contributed by atoms with E-state index in [1.54, 1.807) is 0 Å². The number of nitro benzene ring substituents is 3. The zero-order valence-electron chi connectivity index (χ0n) is 11.4. The molecule has 24 heavy (non-hydrogen) atoms. The molecule has 0 aliphatic heterocycles. The first-order valence-corrected chi connectivity index (χ1v) is 6.04. The van der Waals surface area contributed by atoms with Crippen molar-refractivity contribution in [3.8, 4) is 0 Å². The monoisotopic (exact) mass is 340 g/mol. The summed E-state index contributed by atoms with van der Waals surface area (Å²) in [5.74, 6) is -1.93. The molecule has 0 atom stereocenters. The van der Waals surface area contributed by atoms with Gasteiger partial charge in [0.05, 0.1) is 32.6 Å². The number of nitro groups is 3. The maximum atomic E-state index is 13.7. The van der Waals surface area contributed by atoms with Crippen LogP contribution in [0, 0.1) is 42.0 Å². The first-order valence-electron chi connectivity index (χ1n) is 6.04. The molecule has 2 aromatic carbocycles. The summed E-state index contributed by atoms with van der Waals surface area (Å²) in [7, 11) is 0. The maximum Gasteiger partial charge on any atom is 0.306 e. The summed E-state index contributed by atoms with van der Waals surface area (Å²) in [6, 6.07) is 3.07. The Hall–Kier alpha value is -3.70. The summed E-state index contributed by atoms with van der Waals surface area (Å²) in [6.45, 7) is 0. The molecular weight excluding hydrogens is 334 g/mol. The van der Waals surface area contributed by atoms with E-state index < -0.39 is 54.8 Å². The molecule has 12 heteroatoms. The molecule has 0 heterocycles. The highest BCUT2D eigenvalue weighted by atomic mass is 19.1. The van der Waals surface area contributed by atoms with Crippen molar-refractivity contribution in [1.82, 2.24) is 0 Å². The second-order valence-electron chi connectivity index (χ2n) is 4.38. The van der Waals surface area contributed by atoms with Gasteiger partial charge in [0.1, 0.15) is 11.6 Å². The van der Waals surface area contributed by atoms with E-state index in [1.165, 1.54) is 0 Å². The molecule has 2 aromatic rings. The van der Waals surface area contributed by atoms with Crippen LogP contribution in [0.5, 0.6) is 0 Å². The highest BCUT2D eigenvalue weighted by Gasteiger charge is 2.31. The highest BCUT2D eigenvalue weighted by molar-refractivity contribution is 5.81. The number of rotatable bonds is 5. The van der Waals surface area contributed by atoms with Crippen molar-refractivity contribution < 1.29 is 23.6 Å². The van der Waals surface area contributed by atoms with Crippen LogP contribution in [0.1, 0.15) is 0 Å². The van der Waals surface area contributed by atoms with Gasteiger partial charge in [0.15, 0.2) is 5.69 Å². The van der Waals surface area contributed by atoms with E-state index in [1.807, 2.05) is 0 Å². The lowest BCUT2D eigenvalue weighted by Crippen LogP contribution is -2.04. The Kier molecular flexibility index (Phi) is 4.30. The SMILES string of the molecule is O=[N+]([O-])c1cc([N+](=O)[O-])c(Nc2cc(F)ccc2F)c([N+](=O)[O-])c1. The molecule has 0 fully saturated rings. The number of benzene rings is 2. The summed E-state index contributed by atoms with van der Waals surface area (Å²) < 4.78 is 26.8. The van der Waals surface area contributed by atoms with Crippen molar-refractivity contribution >= 4 is 28.4 Å². The molecule has 124 valence electrons. The van der Waals surface area contributed by atoms with E-state index in [-0.39, 0.29) is 0 Å². The first kappa shape index (κ1) is 16.7. The van der Waals surface area contributed by atoms with Gasteiger partial charge in [-0.1, -0.05) is 0 Å². The number of hydrogen-bond acceptors (Lipinski definition) is 7. The molecule has 0 saturated heterocycles. The van der Waals surface area contributed by atoms with Crippen LogP contribution in [0.4, 0.5) is 37.2 Å². The van der Waals surface area contributed by atoms with Crippen LogP contribution in [0.3, 0.4) is 0 Å². The van der Waals surface area contributed by atoms with Gasteiger partial charge in [-0.15, -0.1) is 0 Å². The molecular formula is C12H6F2N4O6. The maximum absolute atomic E-state index is 13.7. The van der Waals surface area contributed by atoms with Crippen LogP contribution in [0.25, 0.3) is 0 Å². The third-order valence-corrected chi connectivity index (χ3v) is 2.87. The molecule has 0 amide bonds. The summed E-state index contributed by atoms with van der Waals surface area (Å²) in [5, 5.41) is 34.9. The Morgan fingerprint density at radius 3 is 1.83 bits per heavy atom. The summed E-state index contributed by atoms with van der Waals surface area (Å²) >= 11 is 0. The van der Waals surface area contributed by atoms with E-state index in [0.717, 1.165) is 6.07 Å². The Labute approximate surface area is 130 Å². The number of non-ortho nitro benzene ring substituents is 1. The Balaban J connectivity index is 2.70. The van der Waals surface area contributed by atoms with Crippen molar-refractivity contribution in [2.75, 3.05) is 5.32 Å². The van der Waals surface area contributed by atoms with Gasteiger partial charge in [0.2, 0.25) is 0 Å². The van der Waals surface area contributed by atoms with Crippen LogP contribution in [-0.2, 0) is 0 Å². The molecule has 0 aliphatic carbocycles.